The van der Waals surface area contributed by atoms with Gasteiger partial charge in [-0.3, -0.25) is 19.2 Å². The molecular formula is C56H68F2N8O11. The average molecular weight is 1070 g/mol. The molecule has 0 aromatic heterocycles. The van der Waals surface area contributed by atoms with Crippen LogP contribution in [0.15, 0.2) is 84.9 Å². The number of ether oxygens (including phenoxy) is 2. The Morgan fingerprint density at radius 3 is 1.52 bits per heavy atom. The molecule has 4 fully saturated rings. The summed E-state index contributed by atoms with van der Waals surface area (Å²) in [6, 6.07) is 22.2. The summed E-state index contributed by atoms with van der Waals surface area (Å²) in [7, 11) is 3.00. The number of aliphatic carboxylic acids is 1. The van der Waals surface area contributed by atoms with E-state index in [1.165, 1.54) is 50.3 Å². The molecule has 0 saturated carbocycles. The number of carbonyl (C=O) groups excluding carboxylic acids is 7. The van der Waals surface area contributed by atoms with Gasteiger partial charge in [0.15, 0.2) is 0 Å². The zero-order chi connectivity index (χ0) is 54.2. The fourth-order valence-electron chi connectivity index (χ4n) is 10.9. The van der Waals surface area contributed by atoms with Gasteiger partial charge in [-0.15, -0.1) is 0 Å². The molecule has 9 amide bonds. The van der Waals surface area contributed by atoms with Gasteiger partial charge in [0.2, 0.25) is 17.1 Å². The van der Waals surface area contributed by atoms with Gasteiger partial charge in [-0.2, -0.15) is 0 Å². The average Bonchev–Trinajstić information content (AvgIpc) is 4.21. The molecule has 6 aliphatic rings. The fourth-order valence-corrected chi connectivity index (χ4v) is 10.9. The van der Waals surface area contributed by atoms with Crippen molar-refractivity contribution in [3.05, 3.63) is 130 Å². The minimum Gasteiger partial charge on any atom is -0.480 e. The van der Waals surface area contributed by atoms with Crippen molar-refractivity contribution in [3.8, 4) is 0 Å². The van der Waals surface area contributed by atoms with E-state index in [0.717, 1.165) is 34.4 Å². The van der Waals surface area contributed by atoms with Gasteiger partial charge in [0.05, 0.1) is 6.04 Å². The molecule has 10 rings (SSSR count). The maximum Gasteiger partial charge on any atom is 0.418 e. The Hall–Kier alpha value is -7.94. The van der Waals surface area contributed by atoms with E-state index in [1.54, 1.807) is 53.4 Å². The van der Waals surface area contributed by atoms with Crippen molar-refractivity contribution in [2.75, 3.05) is 37.8 Å². The van der Waals surface area contributed by atoms with E-state index in [4.69, 9.17) is 14.6 Å². The number of aryl methyl sites for hydroxylation is 2. The molecule has 0 bridgehead atoms. The number of rotatable bonds is 8. The van der Waals surface area contributed by atoms with E-state index in [1.807, 2.05) is 26.0 Å². The number of halogens is 2. The normalized spacial score (nSPS) is 22.8. The Balaban J connectivity index is 0.000000205. The van der Waals surface area contributed by atoms with E-state index < -0.39 is 59.8 Å². The molecule has 4 aliphatic heterocycles. The molecule has 4 saturated heterocycles. The smallest absolute Gasteiger partial charge is 0.418 e. The first kappa shape index (κ1) is 58.3. The predicted octanol–water partition coefficient (Wildman–Crippen LogP) is 8.78. The number of urea groups is 2. The molecule has 6 N–H and O–H groups in total. The monoisotopic (exact) mass is 1070 g/mol. The van der Waals surface area contributed by atoms with E-state index in [9.17, 15) is 47.1 Å². The number of nitrogens with one attached hydrogen (secondary N) is 5. The van der Waals surface area contributed by atoms with E-state index in [2.05, 4.69) is 40.4 Å². The maximum absolute atomic E-state index is 13.6. The first-order valence-electron chi connectivity index (χ1n) is 24.7. The number of likely N-dealkylation sites (tertiary alicyclic amines) is 1. The summed E-state index contributed by atoms with van der Waals surface area (Å²) in [5, 5.41) is 22.6. The Bertz CT molecular complexity index is 2950. The molecule has 2 aliphatic carbocycles. The molecule has 2 spiro atoms. The molecule has 4 aromatic rings. The van der Waals surface area contributed by atoms with Crippen LogP contribution in [0, 0.1) is 11.6 Å². The van der Waals surface area contributed by atoms with E-state index in [0.29, 0.717) is 52.7 Å². The molecule has 21 heteroatoms. The van der Waals surface area contributed by atoms with Crippen molar-refractivity contribution in [1.29, 1.82) is 0 Å². The van der Waals surface area contributed by atoms with Crippen molar-refractivity contribution >= 4 is 59.3 Å². The van der Waals surface area contributed by atoms with Gasteiger partial charge in [0.1, 0.15) is 24.7 Å². The number of nitrogens with zero attached hydrogens (tertiary/aromatic N) is 3. The quantitative estimate of drug-likeness (QED) is 0.0970. The van der Waals surface area contributed by atoms with Gasteiger partial charge in [-0.25, -0.2) is 37.8 Å². The van der Waals surface area contributed by atoms with Crippen LogP contribution in [0.4, 0.5) is 39.3 Å². The summed E-state index contributed by atoms with van der Waals surface area (Å²) in [5.41, 5.74) is 2.52. The maximum atomic E-state index is 13.6. The van der Waals surface area contributed by atoms with Crippen molar-refractivity contribution in [1.82, 2.24) is 30.7 Å². The molecule has 19 nitrogen and oxygen atoms in total. The highest BCUT2D eigenvalue weighted by atomic mass is 19.1. The summed E-state index contributed by atoms with van der Waals surface area (Å²) >= 11 is 0. The predicted molar refractivity (Wildman–Crippen MR) is 281 cm³/mol. The van der Waals surface area contributed by atoms with Crippen LogP contribution in [0.5, 0.6) is 0 Å². The van der Waals surface area contributed by atoms with Crippen LogP contribution in [0.3, 0.4) is 0 Å². The first-order chi connectivity index (χ1) is 35.5. The molecule has 4 heterocycles. The van der Waals surface area contributed by atoms with Crippen LogP contribution >= 0.6 is 0 Å². The Morgan fingerprint density at radius 2 is 1.09 bits per heavy atom. The number of imide groups is 2. The van der Waals surface area contributed by atoms with Gasteiger partial charge in [0, 0.05) is 66.6 Å². The number of carbonyl (C=O) groups is 8. The second-order valence-corrected chi connectivity index (χ2v) is 20.6. The van der Waals surface area contributed by atoms with Gasteiger partial charge in [-0.1, -0.05) is 51.3 Å². The van der Waals surface area contributed by atoms with Gasteiger partial charge < -0.3 is 46.1 Å². The van der Waals surface area contributed by atoms with Crippen molar-refractivity contribution in [2.24, 2.45) is 0 Å². The number of carboxylic acids is 1. The number of hydrogen-bond acceptors (Lipinski definition) is 11. The van der Waals surface area contributed by atoms with Crippen molar-refractivity contribution in [2.45, 2.75) is 128 Å². The van der Waals surface area contributed by atoms with Gasteiger partial charge >= 0.3 is 30.2 Å². The minimum atomic E-state index is -1.48. The highest BCUT2D eigenvalue weighted by Gasteiger charge is 2.60. The molecule has 0 radical (unpaired) electrons. The largest absolute Gasteiger partial charge is 0.480 e. The van der Waals surface area contributed by atoms with Crippen molar-refractivity contribution < 1.29 is 61.7 Å². The molecule has 2 unspecified atom stereocenters. The SMILES string of the molecule is C.C.CC1(C)CCC(c2ccc(F)cc2)N1.CNC(=O)Nc1ccc2c(c1)CC[C@@]21OC(=O)N(CC(=O)N2C(c3ccc(F)cc3)CCC2(C)C)C1=O.CNC(=O)Nc1ccc2c(c1)CC[C@@]21OC(=O)N(CC(=O)O)C1=O. The number of benzene rings is 4. The lowest BCUT2D eigenvalue weighted by molar-refractivity contribution is -0.144. The number of hydrogen-bond donors (Lipinski definition) is 6. The summed E-state index contributed by atoms with van der Waals surface area (Å²) < 4.78 is 37.1. The van der Waals surface area contributed by atoms with Crippen LogP contribution in [0.2, 0.25) is 0 Å². The minimum absolute atomic E-state index is 0. The van der Waals surface area contributed by atoms with Crippen LogP contribution in [-0.2, 0) is 52.7 Å². The van der Waals surface area contributed by atoms with Crippen LogP contribution in [-0.4, -0.2) is 106 Å². The van der Waals surface area contributed by atoms with Crippen LogP contribution in [0.1, 0.15) is 127 Å². The summed E-state index contributed by atoms with van der Waals surface area (Å²) in [6.45, 7) is 7.12. The second kappa shape index (κ2) is 22.7. The third-order valence-electron chi connectivity index (χ3n) is 14.7. The highest BCUT2D eigenvalue weighted by Crippen LogP contribution is 2.48. The lowest BCUT2D eigenvalue weighted by Crippen LogP contribution is -2.50. The lowest BCUT2D eigenvalue weighted by Gasteiger charge is -2.37. The van der Waals surface area contributed by atoms with Gasteiger partial charge in [0.25, 0.3) is 11.8 Å². The molecule has 412 valence electrons. The Labute approximate surface area is 446 Å². The third-order valence-corrected chi connectivity index (χ3v) is 14.7. The summed E-state index contributed by atoms with van der Waals surface area (Å²) in [6.07, 6.45) is 3.37. The standard InChI is InChI=1S/C27H29FN4O5.C15H15N3O6.C12H16FN.2CH4/c1-26(2)12-11-21(16-4-6-18(28)7-5-16)32(26)22(33)15-31-23(34)27(37-25(31)36)13-10-17-14-19(8-9-20(17)27)30-24(35)29-3;1-16-13(22)17-9-2-3-10-8(6-9)4-5-15(10)12(21)18(7-11(19)20)14(23)24-15;1-12(2)8-7-11(14-12)9-3-5-10(13)6-4-9;;/h4-9,14,21H,10-13,15H2,1-3H3,(H2,29,30,35);2-3,6H,4-5,7H2,1H3,(H,19,20)(H2,16,17,22);3-6,11,14H,7-8H2,1-2H3;2*1H4/t21?,27-;15-;;;/m11.../s1. The van der Waals surface area contributed by atoms with Crippen molar-refractivity contribution in [3.63, 3.8) is 0 Å². The third kappa shape index (κ3) is 11.7. The molecule has 77 heavy (non-hydrogen) atoms. The second-order valence-electron chi connectivity index (χ2n) is 20.6. The Morgan fingerprint density at radius 1 is 0.636 bits per heavy atom. The zero-order valence-corrected chi connectivity index (χ0v) is 42.4. The van der Waals surface area contributed by atoms with E-state index in [-0.39, 0.29) is 68.9 Å². The van der Waals surface area contributed by atoms with Gasteiger partial charge in [-0.05, 0) is 137 Å². The number of amides is 9. The number of carboxylic acid groups (broad SMARTS) is 1. The number of anilines is 2. The van der Waals surface area contributed by atoms with Crippen LogP contribution in [0.25, 0.3) is 0 Å². The topological polar surface area (TPSA) is 245 Å². The number of fused-ring (bicyclic) bond motifs is 4. The first-order valence-corrected chi connectivity index (χ1v) is 24.7. The molecular weight excluding hydrogens is 999 g/mol. The highest BCUT2D eigenvalue weighted by molar-refractivity contribution is 6.07. The fraction of sp³-hybridized carbons (Fsp3) is 0.429. The molecule has 4 atom stereocenters. The zero-order valence-electron chi connectivity index (χ0n) is 42.4. The summed E-state index contributed by atoms with van der Waals surface area (Å²) in [5.74, 6) is -3.41. The lowest BCUT2D eigenvalue weighted by atomic mass is 9.94. The molecule has 4 aromatic carbocycles. The Kier molecular flexibility index (Phi) is 17.2. The van der Waals surface area contributed by atoms with E-state index >= 15 is 0 Å². The van der Waals surface area contributed by atoms with Crippen LogP contribution < -0.4 is 26.6 Å². The summed E-state index contributed by atoms with van der Waals surface area (Å²) in [4.78, 5) is 102.